The third-order valence-corrected chi connectivity index (χ3v) is 3.30. The summed E-state index contributed by atoms with van der Waals surface area (Å²) in [7, 11) is 0. The number of likely N-dealkylation sites (tertiary alicyclic amines) is 1. The summed E-state index contributed by atoms with van der Waals surface area (Å²) in [5.74, 6) is 0.664. The number of carbonyl (C=O) groups excluding carboxylic acids is 1. The highest BCUT2D eigenvalue weighted by Crippen LogP contribution is 2.26. The van der Waals surface area contributed by atoms with Gasteiger partial charge in [-0.25, -0.2) is 4.79 Å². The van der Waals surface area contributed by atoms with Crippen LogP contribution in [0.15, 0.2) is 0 Å². The molecule has 92 valence electrons. The van der Waals surface area contributed by atoms with Gasteiger partial charge in [0, 0.05) is 25.2 Å². The first-order valence-electron chi connectivity index (χ1n) is 6.09. The molecular weight excluding hydrogens is 204 g/mol. The standard InChI is InChI=1S/C12H22N2O2/c1-8-5-9-6-14(7-10(8)13-9)11(15)16-12(2,3)4/h8-10,13H,5-7H2,1-4H3/t8-,9?,10?/m0/s1. The molecule has 2 unspecified atom stereocenters. The molecule has 0 aromatic heterocycles. The van der Waals surface area contributed by atoms with Gasteiger partial charge in [-0.05, 0) is 33.1 Å². The van der Waals surface area contributed by atoms with E-state index in [1.54, 1.807) is 0 Å². The number of nitrogens with zero attached hydrogens (tertiary/aromatic N) is 1. The highest BCUT2D eigenvalue weighted by molar-refractivity contribution is 5.68. The SMILES string of the molecule is C[C@H]1CC2CN(C(=O)OC(C)(C)C)CC1N2. The van der Waals surface area contributed by atoms with E-state index in [0.717, 1.165) is 13.1 Å². The molecule has 2 fully saturated rings. The van der Waals surface area contributed by atoms with Crippen molar-refractivity contribution in [2.24, 2.45) is 5.92 Å². The van der Waals surface area contributed by atoms with Gasteiger partial charge < -0.3 is 15.0 Å². The predicted molar refractivity (Wildman–Crippen MR) is 62.3 cm³/mol. The van der Waals surface area contributed by atoms with Gasteiger partial charge in [0.15, 0.2) is 0 Å². The lowest BCUT2D eigenvalue weighted by Crippen LogP contribution is -2.54. The van der Waals surface area contributed by atoms with Crippen molar-refractivity contribution in [1.29, 1.82) is 0 Å². The van der Waals surface area contributed by atoms with Crippen molar-refractivity contribution >= 4 is 6.09 Å². The van der Waals surface area contributed by atoms with Gasteiger partial charge in [0.05, 0.1) is 0 Å². The lowest BCUT2D eigenvalue weighted by Gasteiger charge is -2.34. The molecule has 2 saturated heterocycles. The van der Waals surface area contributed by atoms with Gasteiger partial charge in [0.1, 0.15) is 5.60 Å². The Morgan fingerprint density at radius 3 is 2.62 bits per heavy atom. The summed E-state index contributed by atoms with van der Waals surface area (Å²) in [6, 6.07) is 0.910. The maximum absolute atomic E-state index is 11.9. The molecule has 2 bridgehead atoms. The van der Waals surface area contributed by atoms with E-state index in [4.69, 9.17) is 4.74 Å². The Balaban J connectivity index is 1.94. The van der Waals surface area contributed by atoms with E-state index in [-0.39, 0.29) is 6.09 Å². The third-order valence-electron chi connectivity index (χ3n) is 3.30. The number of amides is 1. The van der Waals surface area contributed by atoms with Gasteiger partial charge in [-0.1, -0.05) is 6.92 Å². The molecule has 2 aliphatic heterocycles. The molecule has 1 amide bonds. The minimum Gasteiger partial charge on any atom is -0.444 e. The molecule has 4 heteroatoms. The van der Waals surface area contributed by atoms with Crippen LogP contribution in [0.3, 0.4) is 0 Å². The van der Waals surface area contributed by atoms with Gasteiger partial charge in [-0.2, -0.15) is 0 Å². The van der Waals surface area contributed by atoms with Crippen molar-refractivity contribution in [3.63, 3.8) is 0 Å². The summed E-state index contributed by atoms with van der Waals surface area (Å²) in [5.41, 5.74) is -0.396. The number of carbonyl (C=O) groups is 1. The van der Waals surface area contributed by atoms with Crippen LogP contribution in [0.25, 0.3) is 0 Å². The fraction of sp³-hybridized carbons (Fsp3) is 0.917. The van der Waals surface area contributed by atoms with Crippen LogP contribution in [0.2, 0.25) is 0 Å². The molecule has 0 spiro atoms. The molecule has 0 saturated carbocycles. The average molecular weight is 226 g/mol. The van der Waals surface area contributed by atoms with Crippen molar-refractivity contribution in [1.82, 2.24) is 10.2 Å². The van der Waals surface area contributed by atoms with Crippen LogP contribution in [-0.4, -0.2) is 41.8 Å². The molecule has 16 heavy (non-hydrogen) atoms. The predicted octanol–water partition coefficient (Wildman–Crippen LogP) is 1.60. The van der Waals surface area contributed by atoms with Crippen LogP contribution in [0.5, 0.6) is 0 Å². The molecule has 0 aromatic carbocycles. The normalized spacial score (nSPS) is 34.0. The minimum absolute atomic E-state index is 0.168. The van der Waals surface area contributed by atoms with Gasteiger partial charge in [0.2, 0.25) is 0 Å². The quantitative estimate of drug-likeness (QED) is 0.682. The van der Waals surface area contributed by atoms with Crippen molar-refractivity contribution in [2.75, 3.05) is 13.1 Å². The van der Waals surface area contributed by atoms with E-state index in [2.05, 4.69) is 12.2 Å². The van der Waals surface area contributed by atoms with E-state index < -0.39 is 5.60 Å². The van der Waals surface area contributed by atoms with Crippen LogP contribution in [0.1, 0.15) is 34.1 Å². The monoisotopic (exact) mass is 226 g/mol. The van der Waals surface area contributed by atoms with Crippen molar-refractivity contribution in [3.05, 3.63) is 0 Å². The second kappa shape index (κ2) is 3.91. The smallest absolute Gasteiger partial charge is 0.410 e. The first kappa shape index (κ1) is 11.7. The number of ether oxygens (including phenoxy) is 1. The number of hydrogen-bond donors (Lipinski definition) is 1. The fourth-order valence-corrected chi connectivity index (χ4v) is 2.56. The number of nitrogens with one attached hydrogen (secondary N) is 1. The summed E-state index contributed by atoms with van der Waals surface area (Å²) < 4.78 is 5.40. The molecule has 3 atom stereocenters. The molecule has 4 nitrogen and oxygen atoms in total. The van der Waals surface area contributed by atoms with Gasteiger partial charge in [-0.15, -0.1) is 0 Å². The average Bonchev–Trinajstić information content (AvgIpc) is 2.37. The first-order chi connectivity index (χ1) is 7.35. The van der Waals surface area contributed by atoms with Crippen molar-refractivity contribution in [2.45, 2.75) is 51.8 Å². The summed E-state index contributed by atoms with van der Waals surface area (Å²) in [6.45, 7) is 9.54. The Kier molecular flexibility index (Phi) is 2.86. The van der Waals surface area contributed by atoms with Gasteiger partial charge in [0.25, 0.3) is 0 Å². The molecule has 1 N–H and O–H groups in total. The first-order valence-corrected chi connectivity index (χ1v) is 6.09. The molecule has 2 heterocycles. The Hall–Kier alpha value is -0.770. The van der Waals surface area contributed by atoms with E-state index in [1.807, 2.05) is 25.7 Å². The highest BCUT2D eigenvalue weighted by Gasteiger charge is 2.39. The molecule has 0 radical (unpaired) electrons. The lowest BCUT2D eigenvalue weighted by atomic mass is 10.0. The third kappa shape index (κ3) is 2.48. The summed E-state index contributed by atoms with van der Waals surface area (Å²) in [4.78, 5) is 13.8. The topological polar surface area (TPSA) is 41.6 Å². The largest absolute Gasteiger partial charge is 0.444 e. The Morgan fingerprint density at radius 2 is 2.06 bits per heavy atom. The Labute approximate surface area is 97.3 Å². The zero-order chi connectivity index (χ0) is 11.9. The van der Waals surface area contributed by atoms with Crippen LogP contribution in [0, 0.1) is 5.92 Å². The Morgan fingerprint density at radius 1 is 1.38 bits per heavy atom. The number of rotatable bonds is 0. The molecular formula is C12H22N2O2. The van der Waals surface area contributed by atoms with Crippen LogP contribution >= 0.6 is 0 Å². The van der Waals surface area contributed by atoms with Gasteiger partial charge >= 0.3 is 6.09 Å². The fourth-order valence-electron chi connectivity index (χ4n) is 2.56. The number of fused-ring (bicyclic) bond motifs is 2. The maximum Gasteiger partial charge on any atom is 0.410 e. The summed E-state index contributed by atoms with van der Waals surface area (Å²) >= 11 is 0. The van der Waals surface area contributed by atoms with Crippen LogP contribution < -0.4 is 5.32 Å². The zero-order valence-electron chi connectivity index (χ0n) is 10.6. The van der Waals surface area contributed by atoms with E-state index in [0.29, 0.717) is 18.0 Å². The summed E-state index contributed by atoms with van der Waals surface area (Å²) in [5, 5.41) is 3.54. The second-order valence-electron chi connectivity index (χ2n) is 6.07. The highest BCUT2D eigenvalue weighted by atomic mass is 16.6. The van der Waals surface area contributed by atoms with Crippen molar-refractivity contribution < 1.29 is 9.53 Å². The number of hydrogen-bond acceptors (Lipinski definition) is 3. The van der Waals surface area contributed by atoms with E-state index >= 15 is 0 Å². The summed E-state index contributed by atoms with van der Waals surface area (Å²) in [6.07, 6.45) is 1.00. The lowest BCUT2D eigenvalue weighted by molar-refractivity contribution is 0.0185. The van der Waals surface area contributed by atoms with Gasteiger partial charge in [-0.3, -0.25) is 0 Å². The Bertz CT molecular complexity index is 283. The minimum atomic E-state index is -0.396. The van der Waals surface area contributed by atoms with Crippen LogP contribution in [0.4, 0.5) is 4.79 Å². The number of piperazine rings is 1. The van der Waals surface area contributed by atoms with Crippen molar-refractivity contribution in [3.8, 4) is 0 Å². The van der Waals surface area contributed by atoms with E-state index in [1.165, 1.54) is 6.42 Å². The van der Waals surface area contributed by atoms with Crippen LogP contribution in [-0.2, 0) is 4.74 Å². The zero-order valence-corrected chi connectivity index (χ0v) is 10.6. The maximum atomic E-state index is 11.9. The molecule has 2 aliphatic rings. The molecule has 0 aromatic rings. The second-order valence-corrected chi connectivity index (χ2v) is 6.07. The van der Waals surface area contributed by atoms with E-state index in [9.17, 15) is 4.79 Å². The molecule has 0 aliphatic carbocycles. The molecule has 2 rings (SSSR count).